The lowest BCUT2D eigenvalue weighted by Crippen LogP contribution is -2.43. The van der Waals surface area contributed by atoms with E-state index in [1.165, 1.54) is 0 Å². The highest BCUT2D eigenvalue weighted by Gasteiger charge is 2.42. The van der Waals surface area contributed by atoms with Gasteiger partial charge in [-0.3, -0.25) is 0 Å². The number of hydrogen-bond donors (Lipinski definition) is 0. The molecule has 0 fully saturated rings. The average Bonchev–Trinajstić information content (AvgIpc) is 2.61. The molecule has 0 saturated carbocycles. The summed E-state index contributed by atoms with van der Waals surface area (Å²) in [6.45, 7) is 27.6. The highest BCUT2D eigenvalue weighted by Crippen LogP contribution is 2.41. The van der Waals surface area contributed by atoms with Gasteiger partial charge in [-0.1, -0.05) is 107 Å². The maximum absolute atomic E-state index is 5.88. The summed E-state index contributed by atoms with van der Waals surface area (Å²) >= 11 is 0. The average molecular weight is 437 g/mol. The minimum atomic E-state index is -1.88. The van der Waals surface area contributed by atoms with Gasteiger partial charge >= 0.3 is 0 Å². The van der Waals surface area contributed by atoms with E-state index >= 15 is 0 Å². The molecule has 0 spiro atoms. The summed E-state index contributed by atoms with van der Waals surface area (Å²) in [4.78, 5) is 0. The number of terminal acetylenes is 2. The van der Waals surface area contributed by atoms with Crippen LogP contribution in [0.15, 0.2) is 11.1 Å². The molecule has 0 aliphatic carbocycles. The Morgan fingerprint density at radius 2 is 0.667 bits per heavy atom. The highest BCUT2D eigenvalue weighted by molar-refractivity contribution is 6.91. The zero-order valence-corrected chi connectivity index (χ0v) is 23.6. The molecule has 0 aliphatic rings. The van der Waals surface area contributed by atoms with E-state index < -0.39 is 16.1 Å². The van der Waals surface area contributed by atoms with Crippen molar-refractivity contribution in [2.24, 2.45) is 0 Å². The summed E-state index contributed by atoms with van der Waals surface area (Å²) in [5, 5.41) is 0. The summed E-state index contributed by atoms with van der Waals surface area (Å²) < 4.78 is 0. The highest BCUT2D eigenvalue weighted by atomic mass is 28.3. The molecular weight excluding hydrogens is 392 g/mol. The van der Waals surface area contributed by atoms with Crippen LogP contribution < -0.4 is 0 Å². The van der Waals surface area contributed by atoms with Gasteiger partial charge in [0.2, 0.25) is 0 Å². The van der Waals surface area contributed by atoms with E-state index in [2.05, 4.69) is 118 Å². The van der Waals surface area contributed by atoms with Crippen molar-refractivity contribution in [3.05, 3.63) is 11.1 Å². The van der Waals surface area contributed by atoms with E-state index in [1.54, 1.807) is 0 Å². The molecule has 0 aliphatic heterocycles. The fourth-order valence-electron chi connectivity index (χ4n) is 5.55. The largest absolute Gasteiger partial charge is 0.146 e. The van der Waals surface area contributed by atoms with Crippen molar-refractivity contribution in [2.45, 2.75) is 116 Å². The Morgan fingerprint density at radius 1 is 0.467 bits per heavy atom. The number of rotatable bonds is 6. The second kappa shape index (κ2) is 11.7. The van der Waals surface area contributed by atoms with Gasteiger partial charge in [0.15, 0.2) is 0 Å². The van der Waals surface area contributed by atoms with Gasteiger partial charge in [0, 0.05) is 0 Å². The molecule has 0 bridgehead atoms. The van der Waals surface area contributed by atoms with E-state index in [4.69, 9.17) is 12.8 Å². The van der Waals surface area contributed by atoms with Gasteiger partial charge < -0.3 is 0 Å². The predicted octanol–water partition coefficient (Wildman–Crippen LogP) is 7.99. The van der Waals surface area contributed by atoms with Crippen molar-refractivity contribution in [1.82, 2.24) is 0 Å². The van der Waals surface area contributed by atoms with Crippen LogP contribution in [-0.2, 0) is 0 Å². The molecule has 0 heterocycles. The van der Waals surface area contributed by atoms with E-state index in [1.807, 2.05) is 0 Å². The van der Waals surface area contributed by atoms with Crippen molar-refractivity contribution in [1.29, 1.82) is 0 Å². The van der Waals surface area contributed by atoms with Gasteiger partial charge in [-0.2, -0.15) is 0 Å². The Labute approximate surface area is 191 Å². The standard InChI is InChI=1S/C28H44Si2/c1-15-27(17-19-29(21(3)4,22(5)6)23(7)8)28(16-2)18-20-30(24(9)10,25(11)12)26(13)14/h1-2,21-26H,3-14H3/b28-27+. The molecule has 2 heteroatoms. The van der Waals surface area contributed by atoms with Crippen LogP contribution in [0.3, 0.4) is 0 Å². The van der Waals surface area contributed by atoms with Crippen LogP contribution in [0.4, 0.5) is 0 Å². The lowest BCUT2D eigenvalue weighted by atomic mass is 10.1. The fourth-order valence-corrected chi connectivity index (χ4v) is 16.0. The maximum atomic E-state index is 5.88. The third kappa shape index (κ3) is 5.76. The van der Waals surface area contributed by atoms with Crippen LogP contribution >= 0.6 is 0 Å². The Bertz CT molecular complexity index is 699. The normalized spacial score (nSPS) is 13.1. The molecule has 0 unspecified atom stereocenters. The predicted molar refractivity (Wildman–Crippen MR) is 142 cm³/mol. The van der Waals surface area contributed by atoms with Gasteiger partial charge in [0.05, 0.1) is 11.1 Å². The molecule has 0 atom stereocenters. The van der Waals surface area contributed by atoms with Crippen molar-refractivity contribution in [2.75, 3.05) is 0 Å². The third-order valence-electron chi connectivity index (χ3n) is 7.08. The van der Waals surface area contributed by atoms with Gasteiger partial charge in [0.1, 0.15) is 16.1 Å². The molecule has 0 aromatic rings. The smallest absolute Gasteiger partial charge is 0.124 e. The summed E-state index contributed by atoms with van der Waals surface area (Å²) in [6.07, 6.45) is 11.8. The van der Waals surface area contributed by atoms with Crippen molar-refractivity contribution in [3.63, 3.8) is 0 Å². The quantitative estimate of drug-likeness (QED) is 0.292. The van der Waals surface area contributed by atoms with Crippen LogP contribution in [0, 0.1) is 47.6 Å². The SMILES string of the molecule is C#C/C(C#C[Si](C(C)C)(C(C)C)C(C)C)=C(/C#C)C#C[Si](C(C)C)(C(C)C)C(C)C. The molecule has 0 saturated heterocycles. The molecule has 164 valence electrons. The fraction of sp³-hybridized carbons (Fsp3) is 0.643. The maximum Gasteiger partial charge on any atom is 0.146 e. The van der Waals surface area contributed by atoms with Gasteiger partial charge in [-0.15, -0.1) is 23.9 Å². The van der Waals surface area contributed by atoms with Crippen molar-refractivity contribution in [3.8, 4) is 47.6 Å². The zero-order valence-electron chi connectivity index (χ0n) is 21.6. The zero-order chi connectivity index (χ0) is 23.9. The molecule has 0 amide bonds. The van der Waals surface area contributed by atoms with E-state index in [9.17, 15) is 0 Å². The molecule has 0 N–H and O–H groups in total. The number of allylic oxidation sites excluding steroid dienone is 2. The first kappa shape index (κ1) is 28.4. The third-order valence-corrected chi connectivity index (χ3v) is 19.7. The van der Waals surface area contributed by atoms with E-state index in [0.29, 0.717) is 44.4 Å². The summed E-state index contributed by atoms with van der Waals surface area (Å²) in [7, 11) is -3.75. The van der Waals surface area contributed by atoms with Crippen LogP contribution in [0.1, 0.15) is 83.1 Å². The van der Waals surface area contributed by atoms with E-state index in [0.717, 1.165) is 0 Å². The van der Waals surface area contributed by atoms with Crippen molar-refractivity contribution < 1.29 is 0 Å². The lowest BCUT2D eigenvalue weighted by molar-refractivity contribution is 0.838. The van der Waals surface area contributed by atoms with Crippen LogP contribution in [0.5, 0.6) is 0 Å². The first-order valence-corrected chi connectivity index (χ1v) is 16.0. The monoisotopic (exact) mass is 436 g/mol. The molecule has 0 aromatic carbocycles. The number of hydrogen-bond acceptors (Lipinski definition) is 0. The molecule has 0 aromatic heterocycles. The van der Waals surface area contributed by atoms with Crippen LogP contribution in [-0.4, -0.2) is 16.1 Å². The molecule has 0 rings (SSSR count). The van der Waals surface area contributed by atoms with Crippen LogP contribution in [0.2, 0.25) is 33.2 Å². The second-order valence-corrected chi connectivity index (χ2v) is 21.5. The van der Waals surface area contributed by atoms with Crippen LogP contribution in [0.25, 0.3) is 0 Å². The minimum Gasteiger partial charge on any atom is -0.124 e. The summed E-state index contributed by atoms with van der Waals surface area (Å²) in [6, 6.07) is 0. The molecule has 0 nitrogen and oxygen atoms in total. The Balaban J connectivity index is 6.78. The molecular formula is C28H44Si2. The molecule has 0 radical (unpaired) electrons. The Kier molecular flexibility index (Phi) is 11.1. The second-order valence-electron chi connectivity index (χ2n) is 10.3. The Morgan fingerprint density at radius 3 is 0.800 bits per heavy atom. The minimum absolute atomic E-state index is 0.548. The van der Waals surface area contributed by atoms with Gasteiger partial charge in [-0.25, -0.2) is 0 Å². The first-order chi connectivity index (χ1) is 13.7. The lowest BCUT2D eigenvalue weighted by Gasteiger charge is -2.38. The first-order valence-electron chi connectivity index (χ1n) is 11.5. The topological polar surface area (TPSA) is 0 Å². The Hall–Kier alpha value is -1.59. The summed E-state index contributed by atoms with van der Waals surface area (Å²) in [5.74, 6) is 12.2. The summed E-state index contributed by atoms with van der Waals surface area (Å²) in [5.41, 5.74) is 11.9. The van der Waals surface area contributed by atoms with Gasteiger partial charge in [-0.05, 0) is 33.2 Å². The van der Waals surface area contributed by atoms with E-state index in [-0.39, 0.29) is 0 Å². The van der Waals surface area contributed by atoms with Crippen molar-refractivity contribution >= 4 is 16.1 Å². The molecule has 30 heavy (non-hydrogen) atoms. The van der Waals surface area contributed by atoms with Gasteiger partial charge in [0.25, 0.3) is 0 Å².